The second kappa shape index (κ2) is 9.54. The van der Waals surface area contributed by atoms with Gasteiger partial charge in [0.25, 0.3) is 0 Å². The zero-order valence-electron chi connectivity index (χ0n) is 17.5. The molecule has 2 aromatic carbocycles. The number of morpholine rings is 1. The lowest BCUT2D eigenvalue weighted by atomic mass is 9.99. The van der Waals surface area contributed by atoms with Crippen molar-refractivity contribution < 1.29 is 27.8 Å². The molecule has 1 aromatic heterocycles. The van der Waals surface area contributed by atoms with E-state index in [4.69, 9.17) is 16.3 Å². The van der Waals surface area contributed by atoms with Crippen LogP contribution >= 0.6 is 11.6 Å². The molecule has 2 heterocycles. The number of carbonyl (C=O) groups is 1. The van der Waals surface area contributed by atoms with Gasteiger partial charge in [0.1, 0.15) is 0 Å². The molecule has 174 valence electrons. The maximum atomic E-state index is 13.5. The highest BCUT2D eigenvalue weighted by atomic mass is 35.5. The third kappa shape index (κ3) is 5.21. The molecule has 1 aliphatic rings. The van der Waals surface area contributed by atoms with Gasteiger partial charge in [-0.3, -0.25) is 4.90 Å². The van der Waals surface area contributed by atoms with Crippen LogP contribution in [0.1, 0.15) is 21.6 Å². The van der Waals surface area contributed by atoms with Crippen molar-refractivity contribution in [3.05, 3.63) is 70.4 Å². The van der Waals surface area contributed by atoms with Gasteiger partial charge in [-0.2, -0.15) is 18.3 Å². The first-order valence-corrected chi connectivity index (χ1v) is 10.7. The summed E-state index contributed by atoms with van der Waals surface area (Å²) in [4.78, 5) is 13.9. The number of benzene rings is 2. The molecule has 0 bridgehead atoms. The monoisotopic (exact) mass is 479 g/mol. The van der Waals surface area contributed by atoms with Crippen molar-refractivity contribution >= 4 is 17.6 Å². The Labute approximate surface area is 193 Å². The molecule has 0 saturated carbocycles. The molecule has 4 rings (SSSR count). The fraction of sp³-hybridized carbons (Fsp3) is 0.304. The van der Waals surface area contributed by atoms with Crippen molar-refractivity contribution in [1.29, 1.82) is 0 Å². The number of ether oxygens (including phenoxy) is 1. The summed E-state index contributed by atoms with van der Waals surface area (Å²) in [6, 6.07) is 11.9. The molecule has 6 nitrogen and oxygen atoms in total. The molecule has 1 saturated heterocycles. The van der Waals surface area contributed by atoms with Gasteiger partial charge in [0.05, 0.1) is 35.2 Å². The minimum absolute atomic E-state index is 0.117. The minimum Gasteiger partial charge on any atom is -0.478 e. The molecule has 0 spiro atoms. The lowest BCUT2D eigenvalue weighted by Gasteiger charge is -2.26. The van der Waals surface area contributed by atoms with Crippen LogP contribution in [0.15, 0.2) is 48.5 Å². The Morgan fingerprint density at radius 1 is 1.12 bits per heavy atom. The number of alkyl halides is 3. The highest BCUT2D eigenvalue weighted by molar-refractivity contribution is 6.32. The number of rotatable bonds is 6. The number of aromatic nitrogens is 2. The highest BCUT2D eigenvalue weighted by Crippen LogP contribution is 2.35. The first-order valence-electron chi connectivity index (χ1n) is 10.3. The molecular weight excluding hydrogens is 459 g/mol. The fourth-order valence-electron chi connectivity index (χ4n) is 3.80. The summed E-state index contributed by atoms with van der Waals surface area (Å²) >= 11 is 6.24. The minimum atomic E-state index is -4.65. The molecule has 0 aliphatic carbocycles. The Bertz CT molecular complexity index is 1160. The van der Waals surface area contributed by atoms with Crippen molar-refractivity contribution in [1.82, 2.24) is 14.7 Å². The van der Waals surface area contributed by atoms with E-state index in [0.717, 1.165) is 23.8 Å². The largest absolute Gasteiger partial charge is 0.478 e. The van der Waals surface area contributed by atoms with E-state index < -0.39 is 17.8 Å². The van der Waals surface area contributed by atoms with Gasteiger partial charge in [0, 0.05) is 25.2 Å². The standard InChI is InChI=1S/C23H21ClF3N3O3/c24-18-3-1-2-4-19(18)30-20(14-21(28-30)23(25,26)27)16-5-6-17(22(31)32)15(13-16)7-8-29-9-11-33-12-10-29/h1-6,13-14H,7-12H2,(H,31,32). The van der Waals surface area contributed by atoms with Crippen molar-refractivity contribution in [3.63, 3.8) is 0 Å². The molecule has 1 fully saturated rings. The molecule has 0 atom stereocenters. The Hall–Kier alpha value is -2.88. The van der Waals surface area contributed by atoms with Crippen LogP contribution in [0.2, 0.25) is 5.02 Å². The van der Waals surface area contributed by atoms with Crippen LogP contribution < -0.4 is 0 Å². The van der Waals surface area contributed by atoms with Crippen LogP contribution in [0.4, 0.5) is 13.2 Å². The van der Waals surface area contributed by atoms with Crippen molar-refractivity contribution in [3.8, 4) is 16.9 Å². The third-order valence-corrected chi connectivity index (χ3v) is 5.83. The van der Waals surface area contributed by atoms with E-state index in [1.165, 1.54) is 12.1 Å². The predicted octanol–water partition coefficient (Wildman–Crippen LogP) is 4.78. The summed E-state index contributed by atoms with van der Waals surface area (Å²) < 4.78 is 46.9. The summed E-state index contributed by atoms with van der Waals surface area (Å²) in [7, 11) is 0. The highest BCUT2D eigenvalue weighted by Gasteiger charge is 2.35. The van der Waals surface area contributed by atoms with Gasteiger partial charge < -0.3 is 9.84 Å². The van der Waals surface area contributed by atoms with E-state index in [0.29, 0.717) is 43.0 Å². The van der Waals surface area contributed by atoms with Crippen LogP contribution in [0.3, 0.4) is 0 Å². The summed E-state index contributed by atoms with van der Waals surface area (Å²) in [5, 5.41) is 13.6. The second-order valence-corrected chi connectivity index (χ2v) is 8.06. The molecule has 1 aliphatic heterocycles. The molecule has 0 amide bonds. The zero-order valence-corrected chi connectivity index (χ0v) is 18.2. The number of nitrogens with zero attached hydrogens (tertiary/aromatic N) is 3. The van der Waals surface area contributed by atoms with E-state index >= 15 is 0 Å². The Morgan fingerprint density at radius 2 is 1.85 bits per heavy atom. The summed E-state index contributed by atoms with van der Waals surface area (Å²) in [6.07, 6.45) is -4.22. The van der Waals surface area contributed by atoms with Crippen LogP contribution in [0, 0.1) is 0 Å². The van der Waals surface area contributed by atoms with E-state index in [1.54, 1.807) is 30.3 Å². The van der Waals surface area contributed by atoms with Gasteiger partial charge >= 0.3 is 12.1 Å². The van der Waals surface area contributed by atoms with Crippen molar-refractivity contribution in [2.24, 2.45) is 0 Å². The average Bonchev–Trinajstić information content (AvgIpc) is 3.24. The van der Waals surface area contributed by atoms with Gasteiger partial charge in [-0.25, -0.2) is 9.48 Å². The van der Waals surface area contributed by atoms with E-state index in [9.17, 15) is 23.1 Å². The van der Waals surface area contributed by atoms with Gasteiger partial charge in [0.15, 0.2) is 5.69 Å². The number of carboxylic acids is 1. The predicted molar refractivity (Wildman–Crippen MR) is 117 cm³/mol. The fourth-order valence-corrected chi connectivity index (χ4v) is 4.02. The van der Waals surface area contributed by atoms with Gasteiger partial charge in [-0.1, -0.05) is 29.8 Å². The van der Waals surface area contributed by atoms with Crippen LogP contribution in [0.5, 0.6) is 0 Å². The molecule has 1 N–H and O–H groups in total. The van der Waals surface area contributed by atoms with Crippen LogP contribution in [0.25, 0.3) is 16.9 Å². The quantitative estimate of drug-likeness (QED) is 0.551. The maximum Gasteiger partial charge on any atom is 0.435 e. The van der Waals surface area contributed by atoms with Crippen molar-refractivity contribution in [2.45, 2.75) is 12.6 Å². The topological polar surface area (TPSA) is 67.6 Å². The number of aromatic carboxylic acids is 1. The smallest absolute Gasteiger partial charge is 0.435 e. The Balaban J connectivity index is 1.77. The maximum absolute atomic E-state index is 13.5. The molecule has 0 radical (unpaired) electrons. The number of halogens is 4. The van der Waals surface area contributed by atoms with E-state index in [1.807, 2.05) is 0 Å². The number of carboxylic acid groups (broad SMARTS) is 1. The second-order valence-electron chi connectivity index (χ2n) is 7.66. The molecular formula is C23H21ClF3N3O3. The average molecular weight is 480 g/mol. The normalized spacial score (nSPS) is 15.0. The first kappa shape index (κ1) is 23.3. The van der Waals surface area contributed by atoms with Gasteiger partial charge in [0.2, 0.25) is 0 Å². The number of hydrogen-bond acceptors (Lipinski definition) is 4. The molecule has 10 heteroatoms. The lowest BCUT2D eigenvalue weighted by Crippen LogP contribution is -2.37. The summed E-state index contributed by atoms with van der Waals surface area (Å²) in [5.74, 6) is -1.09. The Kier molecular flexibility index (Phi) is 6.73. The zero-order chi connectivity index (χ0) is 23.6. The van der Waals surface area contributed by atoms with Crippen molar-refractivity contribution in [2.75, 3.05) is 32.8 Å². The van der Waals surface area contributed by atoms with Gasteiger partial charge in [-0.05, 0) is 42.3 Å². The van der Waals surface area contributed by atoms with Gasteiger partial charge in [-0.15, -0.1) is 0 Å². The summed E-state index contributed by atoms with van der Waals surface area (Å²) in [5.41, 5.74) is 0.468. The third-order valence-electron chi connectivity index (χ3n) is 5.51. The Morgan fingerprint density at radius 3 is 2.52 bits per heavy atom. The number of para-hydroxylation sites is 1. The van der Waals surface area contributed by atoms with E-state index in [2.05, 4.69) is 10.00 Å². The first-order chi connectivity index (χ1) is 15.7. The lowest BCUT2D eigenvalue weighted by molar-refractivity contribution is -0.141. The van der Waals surface area contributed by atoms with Crippen LogP contribution in [-0.4, -0.2) is 58.6 Å². The SMILES string of the molecule is O=C(O)c1ccc(-c2cc(C(F)(F)F)nn2-c2ccccc2Cl)cc1CCN1CCOCC1. The molecule has 33 heavy (non-hydrogen) atoms. The number of hydrogen-bond donors (Lipinski definition) is 1. The van der Waals surface area contributed by atoms with E-state index in [-0.39, 0.29) is 16.3 Å². The molecule has 3 aromatic rings. The summed E-state index contributed by atoms with van der Waals surface area (Å²) in [6.45, 7) is 3.34. The van der Waals surface area contributed by atoms with Crippen LogP contribution in [-0.2, 0) is 17.3 Å². The molecule has 0 unspecified atom stereocenters.